The summed E-state index contributed by atoms with van der Waals surface area (Å²) in [6, 6.07) is 1.34. The lowest BCUT2D eigenvalue weighted by molar-refractivity contribution is -0.385. The second-order valence-corrected chi connectivity index (χ2v) is 4.60. The Morgan fingerprint density at radius 3 is 3.11 bits per heavy atom. The van der Waals surface area contributed by atoms with E-state index < -0.39 is 4.92 Å². The summed E-state index contributed by atoms with van der Waals surface area (Å²) in [5.41, 5.74) is 0.530. The number of rotatable bonds is 4. The van der Waals surface area contributed by atoms with E-state index in [0.29, 0.717) is 18.7 Å². The van der Waals surface area contributed by atoms with Crippen LogP contribution in [0.3, 0.4) is 0 Å². The summed E-state index contributed by atoms with van der Waals surface area (Å²) in [7, 11) is 0. The number of hydrogen-bond donors (Lipinski definition) is 1. The fraction of sp³-hybridized carbons (Fsp3) is 0.583. The first-order valence-electron chi connectivity index (χ1n) is 6.16. The molecule has 1 aromatic heterocycles. The monoisotopic (exact) mass is 267 g/mol. The van der Waals surface area contributed by atoms with Gasteiger partial charge in [0, 0.05) is 24.8 Å². The van der Waals surface area contributed by atoms with Crippen LogP contribution in [0.25, 0.3) is 0 Å². The topological polar surface area (TPSA) is 86.5 Å². The van der Waals surface area contributed by atoms with Crippen molar-refractivity contribution < 1.29 is 14.4 Å². The van der Waals surface area contributed by atoms with Crippen LogP contribution in [0.1, 0.15) is 12.5 Å². The first-order chi connectivity index (χ1) is 9.06. The van der Waals surface area contributed by atoms with Gasteiger partial charge in [0.1, 0.15) is 12.7 Å². The second kappa shape index (κ2) is 5.94. The molecule has 0 amide bonds. The predicted octanol–water partition coefficient (Wildman–Crippen LogP) is 1.05. The van der Waals surface area contributed by atoms with Gasteiger partial charge >= 0.3 is 0 Å². The zero-order chi connectivity index (χ0) is 13.8. The van der Waals surface area contributed by atoms with Crippen molar-refractivity contribution in [3.63, 3.8) is 0 Å². The van der Waals surface area contributed by atoms with Gasteiger partial charge in [-0.15, -0.1) is 0 Å². The number of nitrogens with one attached hydrogen (secondary N) is 1. The molecule has 0 spiro atoms. The van der Waals surface area contributed by atoms with E-state index in [1.165, 1.54) is 12.3 Å². The average molecular weight is 267 g/mol. The van der Waals surface area contributed by atoms with Crippen molar-refractivity contribution in [3.05, 3.63) is 27.9 Å². The molecule has 2 rings (SSSR count). The van der Waals surface area contributed by atoms with Gasteiger partial charge in [0.25, 0.3) is 5.69 Å². The smallest absolute Gasteiger partial charge is 0.279 e. The third-order valence-corrected chi connectivity index (χ3v) is 2.89. The summed E-state index contributed by atoms with van der Waals surface area (Å²) < 4.78 is 11.1. The largest absolute Gasteiger partial charge is 0.475 e. The predicted molar refractivity (Wildman–Crippen MR) is 68.3 cm³/mol. The Balaban J connectivity index is 1.96. The minimum absolute atomic E-state index is 0.0149. The van der Waals surface area contributed by atoms with Crippen molar-refractivity contribution in [2.75, 3.05) is 19.7 Å². The standard InChI is InChI=1S/C12H17N3O4/c1-8-4-14-12(3-11(8)15(16)17)18-7-10-6-13-5-9(2)19-10/h3-4,9-10,13H,5-7H2,1-2H3. The summed E-state index contributed by atoms with van der Waals surface area (Å²) in [6.07, 6.45) is 1.52. The molecule has 0 radical (unpaired) electrons. The lowest BCUT2D eigenvalue weighted by Gasteiger charge is -2.28. The Morgan fingerprint density at radius 2 is 2.42 bits per heavy atom. The van der Waals surface area contributed by atoms with Crippen molar-refractivity contribution in [1.29, 1.82) is 0 Å². The molecule has 1 aliphatic heterocycles. The molecular weight excluding hydrogens is 250 g/mol. The fourth-order valence-electron chi connectivity index (χ4n) is 1.92. The summed E-state index contributed by atoms with van der Waals surface area (Å²) in [5, 5.41) is 14.0. The van der Waals surface area contributed by atoms with E-state index in [4.69, 9.17) is 9.47 Å². The number of aromatic nitrogens is 1. The van der Waals surface area contributed by atoms with E-state index in [-0.39, 0.29) is 23.8 Å². The Bertz CT molecular complexity index is 466. The molecule has 19 heavy (non-hydrogen) atoms. The molecule has 1 aromatic rings. The zero-order valence-corrected chi connectivity index (χ0v) is 11.0. The second-order valence-electron chi connectivity index (χ2n) is 4.60. The molecule has 1 fully saturated rings. The molecule has 0 aromatic carbocycles. The molecule has 2 atom stereocenters. The van der Waals surface area contributed by atoms with Crippen LogP contribution in [0.5, 0.6) is 5.88 Å². The first-order valence-corrected chi connectivity index (χ1v) is 6.16. The van der Waals surface area contributed by atoms with Crippen molar-refractivity contribution in [1.82, 2.24) is 10.3 Å². The minimum Gasteiger partial charge on any atom is -0.475 e. The van der Waals surface area contributed by atoms with Crippen molar-refractivity contribution >= 4 is 5.69 Å². The molecule has 1 saturated heterocycles. The minimum atomic E-state index is -0.440. The van der Waals surface area contributed by atoms with E-state index >= 15 is 0 Å². The molecule has 7 heteroatoms. The average Bonchev–Trinajstić information content (AvgIpc) is 2.37. The summed E-state index contributed by atoms with van der Waals surface area (Å²) in [5.74, 6) is 0.249. The molecule has 1 aliphatic rings. The number of morpholine rings is 1. The number of hydrogen-bond acceptors (Lipinski definition) is 6. The Labute approximate surface area is 111 Å². The molecule has 2 unspecified atom stereocenters. The van der Waals surface area contributed by atoms with E-state index in [0.717, 1.165) is 6.54 Å². The van der Waals surface area contributed by atoms with Gasteiger partial charge in [-0.25, -0.2) is 4.98 Å². The van der Waals surface area contributed by atoms with Crippen LogP contribution >= 0.6 is 0 Å². The van der Waals surface area contributed by atoms with E-state index in [1.54, 1.807) is 6.92 Å². The highest BCUT2D eigenvalue weighted by atomic mass is 16.6. The third kappa shape index (κ3) is 3.62. The number of aryl methyl sites for hydroxylation is 1. The Hall–Kier alpha value is -1.73. The van der Waals surface area contributed by atoms with Gasteiger partial charge in [-0.05, 0) is 13.8 Å². The van der Waals surface area contributed by atoms with Gasteiger partial charge in [-0.1, -0.05) is 0 Å². The maximum atomic E-state index is 10.8. The van der Waals surface area contributed by atoms with E-state index in [9.17, 15) is 10.1 Å². The van der Waals surface area contributed by atoms with Gasteiger partial charge < -0.3 is 14.8 Å². The molecular formula is C12H17N3O4. The number of ether oxygens (including phenoxy) is 2. The highest BCUT2D eigenvalue weighted by molar-refractivity contribution is 5.40. The Morgan fingerprint density at radius 1 is 1.63 bits per heavy atom. The van der Waals surface area contributed by atoms with Crippen LogP contribution in [0.4, 0.5) is 5.69 Å². The van der Waals surface area contributed by atoms with Crippen LogP contribution in [-0.2, 0) is 4.74 Å². The number of pyridine rings is 1. The highest BCUT2D eigenvalue weighted by Crippen LogP contribution is 2.21. The van der Waals surface area contributed by atoms with Gasteiger partial charge in [0.15, 0.2) is 0 Å². The van der Waals surface area contributed by atoms with Gasteiger partial charge in [-0.2, -0.15) is 0 Å². The lowest BCUT2D eigenvalue weighted by atomic mass is 10.2. The van der Waals surface area contributed by atoms with Crippen molar-refractivity contribution in [2.24, 2.45) is 0 Å². The zero-order valence-electron chi connectivity index (χ0n) is 11.0. The quantitative estimate of drug-likeness (QED) is 0.648. The molecule has 2 heterocycles. The molecule has 7 nitrogen and oxygen atoms in total. The molecule has 104 valence electrons. The van der Waals surface area contributed by atoms with Crippen LogP contribution < -0.4 is 10.1 Å². The number of nitro groups is 1. The van der Waals surface area contributed by atoms with Gasteiger partial charge in [-0.3, -0.25) is 10.1 Å². The molecule has 1 N–H and O–H groups in total. The van der Waals surface area contributed by atoms with Gasteiger partial charge in [0.2, 0.25) is 5.88 Å². The van der Waals surface area contributed by atoms with Crippen LogP contribution in [0.15, 0.2) is 12.3 Å². The lowest BCUT2D eigenvalue weighted by Crippen LogP contribution is -2.45. The fourth-order valence-corrected chi connectivity index (χ4v) is 1.92. The summed E-state index contributed by atoms with van der Waals surface area (Å²) in [4.78, 5) is 14.4. The maximum Gasteiger partial charge on any atom is 0.279 e. The van der Waals surface area contributed by atoms with Crippen molar-refractivity contribution in [3.8, 4) is 5.88 Å². The highest BCUT2D eigenvalue weighted by Gasteiger charge is 2.20. The third-order valence-electron chi connectivity index (χ3n) is 2.89. The molecule has 0 aliphatic carbocycles. The van der Waals surface area contributed by atoms with Crippen LogP contribution in [0.2, 0.25) is 0 Å². The summed E-state index contributed by atoms with van der Waals surface area (Å²) >= 11 is 0. The SMILES string of the molecule is Cc1cnc(OCC2CNCC(C)O2)cc1[N+](=O)[O-]. The van der Waals surface area contributed by atoms with Crippen LogP contribution in [0, 0.1) is 17.0 Å². The van der Waals surface area contributed by atoms with E-state index in [1.807, 2.05) is 6.92 Å². The normalized spacial score (nSPS) is 23.1. The van der Waals surface area contributed by atoms with E-state index in [2.05, 4.69) is 10.3 Å². The molecule has 0 saturated carbocycles. The Kier molecular flexibility index (Phi) is 4.28. The number of nitrogens with zero attached hydrogens (tertiary/aromatic N) is 2. The van der Waals surface area contributed by atoms with Crippen molar-refractivity contribution in [2.45, 2.75) is 26.1 Å². The van der Waals surface area contributed by atoms with Crippen LogP contribution in [-0.4, -0.2) is 41.8 Å². The maximum absolute atomic E-state index is 10.8. The first kappa shape index (κ1) is 13.7. The van der Waals surface area contributed by atoms with Gasteiger partial charge in [0.05, 0.1) is 17.1 Å². The molecule has 0 bridgehead atoms. The summed E-state index contributed by atoms with van der Waals surface area (Å²) in [6.45, 7) is 5.48.